The Balaban J connectivity index is 2.94. The number of ether oxygens (including phenoxy) is 1. The molecule has 0 aliphatic rings. The molecule has 0 aliphatic heterocycles. The molecule has 0 atom stereocenters. The topological polar surface area (TPSA) is 94.7 Å². The zero-order valence-corrected chi connectivity index (χ0v) is 12.5. The van der Waals surface area contributed by atoms with E-state index in [1.807, 2.05) is 0 Å². The molecule has 0 bridgehead atoms. The molecule has 5 N–H and O–H groups in total. The van der Waals surface area contributed by atoms with Crippen LogP contribution >= 0.6 is 0 Å². The minimum atomic E-state index is -0.818. The highest BCUT2D eigenvalue weighted by molar-refractivity contribution is 5.68. The molecule has 0 rings (SSSR count). The first kappa shape index (κ1) is 19.3. The molecule has 0 heterocycles. The van der Waals surface area contributed by atoms with Gasteiger partial charge in [-0.1, -0.05) is 0 Å². The van der Waals surface area contributed by atoms with Crippen LogP contribution in [0, 0.1) is 0 Å². The third-order valence-corrected chi connectivity index (χ3v) is 2.66. The molecule has 7 heteroatoms. The molecule has 0 unspecified atom stereocenters. The first-order valence-corrected chi connectivity index (χ1v) is 7.31. The van der Waals surface area contributed by atoms with Gasteiger partial charge in [0.05, 0.1) is 6.54 Å². The van der Waals surface area contributed by atoms with Gasteiger partial charge in [-0.25, -0.2) is 0 Å². The van der Waals surface area contributed by atoms with Gasteiger partial charge in [-0.2, -0.15) is 0 Å². The molecule has 0 spiro atoms. The van der Waals surface area contributed by atoms with Crippen molar-refractivity contribution in [3.63, 3.8) is 0 Å². The van der Waals surface area contributed by atoms with Crippen molar-refractivity contribution in [3.05, 3.63) is 0 Å². The summed E-state index contributed by atoms with van der Waals surface area (Å²) in [6, 6.07) is 0. The lowest BCUT2D eigenvalue weighted by atomic mass is 10.3. The largest absolute Gasteiger partial charge is 0.480 e. The zero-order chi connectivity index (χ0) is 14.9. The Morgan fingerprint density at radius 3 is 1.85 bits per heavy atom. The number of unbranched alkanes of at least 4 members (excludes halogenated alkanes) is 1. The van der Waals surface area contributed by atoms with Gasteiger partial charge in [0, 0.05) is 53.0 Å². The summed E-state index contributed by atoms with van der Waals surface area (Å²) in [5.74, 6) is -0.818. The molecular formula is C13H30N4O3. The monoisotopic (exact) mass is 290 g/mol. The Morgan fingerprint density at radius 1 is 0.850 bits per heavy atom. The average Bonchev–Trinajstić information content (AvgIpc) is 2.43. The van der Waals surface area contributed by atoms with E-state index in [0.29, 0.717) is 6.54 Å². The molecule has 0 aromatic carbocycles. The number of hydrogen-bond acceptors (Lipinski definition) is 6. The van der Waals surface area contributed by atoms with Crippen LogP contribution in [0.25, 0.3) is 0 Å². The number of nitrogens with one attached hydrogen (secondary N) is 4. The highest BCUT2D eigenvalue weighted by Gasteiger charge is 1.94. The van der Waals surface area contributed by atoms with E-state index in [1.165, 1.54) is 0 Å². The van der Waals surface area contributed by atoms with Gasteiger partial charge in [0.1, 0.15) is 0 Å². The Morgan fingerprint density at radius 2 is 1.35 bits per heavy atom. The number of aliphatic carboxylic acids is 1. The molecule has 20 heavy (non-hydrogen) atoms. The summed E-state index contributed by atoms with van der Waals surface area (Å²) in [7, 11) is 1.73. The van der Waals surface area contributed by atoms with E-state index in [4.69, 9.17) is 9.84 Å². The SMILES string of the molecule is COCCCCNCCNCCNCCNCC(=O)O. The van der Waals surface area contributed by atoms with E-state index < -0.39 is 5.97 Å². The maximum absolute atomic E-state index is 10.2. The molecule has 0 aliphatic carbocycles. The number of carboxylic acid groups (broad SMARTS) is 1. The van der Waals surface area contributed by atoms with E-state index in [0.717, 1.165) is 58.7 Å². The molecule has 0 saturated carbocycles. The van der Waals surface area contributed by atoms with Crippen LogP contribution in [-0.4, -0.2) is 77.2 Å². The minimum Gasteiger partial charge on any atom is -0.480 e. The highest BCUT2D eigenvalue weighted by atomic mass is 16.5. The molecule has 120 valence electrons. The Labute approximate surface area is 121 Å². The van der Waals surface area contributed by atoms with E-state index >= 15 is 0 Å². The number of rotatable bonds is 16. The van der Waals surface area contributed by atoms with Crippen LogP contribution in [0.15, 0.2) is 0 Å². The van der Waals surface area contributed by atoms with Gasteiger partial charge in [-0.15, -0.1) is 0 Å². The van der Waals surface area contributed by atoms with Crippen LogP contribution in [0.2, 0.25) is 0 Å². The second-order valence-electron chi connectivity index (χ2n) is 4.52. The fourth-order valence-electron chi connectivity index (χ4n) is 1.60. The van der Waals surface area contributed by atoms with Gasteiger partial charge < -0.3 is 31.1 Å². The highest BCUT2D eigenvalue weighted by Crippen LogP contribution is 1.85. The molecule has 0 saturated heterocycles. The normalized spacial score (nSPS) is 10.8. The Kier molecular flexibility index (Phi) is 15.7. The standard InChI is InChI=1S/C13H30N4O3/c1-20-11-3-2-4-14-5-6-15-7-8-16-9-10-17-12-13(18)19/h14-17H,2-12H2,1H3,(H,18,19). The van der Waals surface area contributed by atoms with Crippen LogP contribution < -0.4 is 21.3 Å². The first-order valence-electron chi connectivity index (χ1n) is 7.31. The van der Waals surface area contributed by atoms with Crippen molar-refractivity contribution >= 4 is 5.97 Å². The third kappa shape index (κ3) is 17.3. The maximum Gasteiger partial charge on any atom is 0.317 e. The minimum absolute atomic E-state index is 0.0238. The van der Waals surface area contributed by atoms with E-state index in [1.54, 1.807) is 7.11 Å². The van der Waals surface area contributed by atoms with Crippen molar-refractivity contribution in [3.8, 4) is 0 Å². The van der Waals surface area contributed by atoms with Crippen molar-refractivity contribution in [2.24, 2.45) is 0 Å². The van der Waals surface area contributed by atoms with Gasteiger partial charge in [0.15, 0.2) is 0 Å². The average molecular weight is 290 g/mol. The lowest BCUT2D eigenvalue weighted by molar-refractivity contribution is -0.135. The van der Waals surface area contributed by atoms with Crippen molar-refractivity contribution in [1.82, 2.24) is 21.3 Å². The number of methoxy groups -OCH3 is 1. The predicted octanol–water partition coefficient (Wildman–Crippen LogP) is -1.14. The lowest BCUT2D eigenvalue weighted by Gasteiger charge is -2.08. The second kappa shape index (κ2) is 16.3. The van der Waals surface area contributed by atoms with E-state index in [-0.39, 0.29) is 6.54 Å². The van der Waals surface area contributed by atoms with Crippen molar-refractivity contribution in [1.29, 1.82) is 0 Å². The molecule has 0 aromatic rings. The quantitative estimate of drug-likeness (QED) is 0.229. The van der Waals surface area contributed by atoms with Gasteiger partial charge in [-0.3, -0.25) is 4.79 Å². The molecular weight excluding hydrogens is 260 g/mol. The summed E-state index contributed by atoms with van der Waals surface area (Å²) in [6.07, 6.45) is 2.26. The van der Waals surface area contributed by atoms with Crippen LogP contribution in [-0.2, 0) is 9.53 Å². The molecule has 0 amide bonds. The second-order valence-corrected chi connectivity index (χ2v) is 4.52. The molecule has 0 aromatic heterocycles. The van der Waals surface area contributed by atoms with E-state index in [9.17, 15) is 4.79 Å². The van der Waals surface area contributed by atoms with Gasteiger partial charge in [0.25, 0.3) is 0 Å². The first-order chi connectivity index (χ1) is 9.77. The summed E-state index contributed by atoms with van der Waals surface area (Å²) in [5.41, 5.74) is 0. The number of hydrogen-bond donors (Lipinski definition) is 5. The third-order valence-electron chi connectivity index (χ3n) is 2.66. The van der Waals surface area contributed by atoms with Crippen LogP contribution in [0.3, 0.4) is 0 Å². The van der Waals surface area contributed by atoms with Crippen molar-refractivity contribution < 1.29 is 14.6 Å². The number of carbonyl (C=O) groups is 1. The van der Waals surface area contributed by atoms with Gasteiger partial charge in [0.2, 0.25) is 0 Å². The molecule has 0 radical (unpaired) electrons. The zero-order valence-electron chi connectivity index (χ0n) is 12.5. The molecule has 7 nitrogen and oxygen atoms in total. The Bertz CT molecular complexity index is 218. The fourth-order valence-corrected chi connectivity index (χ4v) is 1.60. The predicted molar refractivity (Wildman–Crippen MR) is 80.2 cm³/mol. The number of carboxylic acids is 1. The van der Waals surface area contributed by atoms with Gasteiger partial charge in [-0.05, 0) is 19.4 Å². The fraction of sp³-hybridized carbons (Fsp3) is 0.923. The van der Waals surface area contributed by atoms with Crippen molar-refractivity contribution in [2.45, 2.75) is 12.8 Å². The van der Waals surface area contributed by atoms with Crippen LogP contribution in [0.4, 0.5) is 0 Å². The van der Waals surface area contributed by atoms with E-state index in [2.05, 4.69) is 21.3 Å². The maximum atomic E-state index is 10.2. The summed E-state index contributed by atoms with van der Waals surface area (Å²) in [5, 5.41) is 21.2. The van der Waals surface area contributed by atoms with Crippen molar-refractivity contribution in [2.75, 3.05) is 66.1 Å². The lowest BCUT2D eigenvalue weighted by Crippen LogP contribution is -2.36. The summed E-state index contributed by atoms with van der Waals surface area (Å²) in [6.45, 7) is 7.12. The smallest absolute Gasteiger partial charge is 0.317 e. The van der Waals surface area contributed by atoms with Crippen LogP contribution in [0.5, 0.6) is 0 Å². The Hall–Kier alpha value is -0.730. The van der Waals surface area contributed by atoms with Crippen LogP contribution in [0.1, 0.15) is 12.8 Å². The van der Waals surface area contributed by atoms with Gasteiger partial charge >= 0.3 is 5.97 Å². The summed E-state index contributed by atoms with van der Waals surface area (Å²) in [4.78, 5) is 10.2. The summed E-state index contributed by atoms with van der Waals surface area (Å²) >= 11 is 0. The molecule has 0 fully saturated rings. The summed E-state index contributed by atoms with van der Waals surface area (Å²) < 4.78 is 4.98.